The molecular weight excluding hydrogens is 306 g/mol. The summed E-state index contributed by atoms with van der Waals surface area (Å²) in [7, 11) is 6.05. The van der Waals surface area contributed by atoms with Gasteiger partial charge < -0.3 is 14.8 Å². The Morgan fingerprint density at radius 3 is 2.75 bits per heavy atom. The van der Waals surface area contributed by atoms with Crippen molar-refractivity contribution in [3.63, 3.8) is 0 Å². The predicted octanol–water partition coefficient (Wildman–Crippen LogP) is 0.769. The number of amides is 1. The van der Waals surface area contributed by atoms with Crippen molar-refractivity contribution in [1.29, 1.82) is 0 Å². The summed E-state index contributed by atoms with van der Waals surface area (Å²) in [4.78, 5) is 14.3. The zero-order chi connectivity index (χ0) is 17.3. The highest BCUT2D eigenvalue weighted by molar-refractivity contribution is 5.93. The van der Waals surface area contributed by atoms with Crippen molar-refractivity contribution < 1.29 is 4.79 Å². The van der Waals surface area contributed by atoms with Gasteiger partial charge in [0.15, 0.2) is 0 Å². The van der Waals surface area contributed by atoms with Crippen molar-refractivity contribution in [2.75, 3.05) is 14.1 Å². The van der Waals surface area contributed by atoms with Crippen LogP contribution in [0.2, 0.25) is 0 Å². The van der Waals surface area contributed by atoms with Crippen molar-refractivity contribution >= 4 is 5.91 Å². The van der Waals surface area contributed by atoms with Gasteiger partial charge >= 0.3 is 0 Å². The van der Waals surface area contributed by atoms with Crippen LogP contribution in [0.1, 0.15) is 47.7 Å². The predicted molar refractivity (Wildman–Crippen MR) is 89.5 cm³/mol. The molecule has 0 radical (unpaired) electrons. The molecule has 2 heterocycles. The second-order valence-electron chi connectivity index (χ2n) is 6.69. The average molecular weight is 331 g/mol. The molecule has 0 atom stereocenters. The molecule has 0 bridgehead atoms. The number of nitrogens with one attached hydrogen (secondary N) is 1. The van der Waals surface area contributed by atoms with Gasteiger partial charge in [-0.15, -0.1) is 10.2 Å². The van der Waals surface area contributed by atoms with Gasteiger partial charge in [0.2, 0.25) is 0 Å². The normalized spacial score (nSPS) is 20.2. The molecule has 0 aromatic carbocycles. The quantitative estimate of drug-likeness (QED) is 0.845. The Morgan fingerprint density at radius 1 is 1.38 bits per heavy atom. The number of carbonyl (C=O) groups is 1. The first kappa shape index (κ1) is 16.6. The van der Waals surface area contributed by atoms with Crippen LogP contribution < -0.4 is 5.32 Å². The van der Waals surface area contributed by atoms with E-state index < -0.39 is 0 Å². The summed E-state index contributed by atoms with van der Waals surface area (Å²) in [5.41, 5.74) is 0.618. The summed E-state index contributed by atoms with van der Waals surface area (Å²) in [5.74, 6) is 2.29. The molecule has 1 aliphatic rings. The standard InChI is InChI=1S/C16H25N7O/c1-5-23-9-12(8-17-23)16(24)18-13-6-11(7-13)15-20-19-14(22(15)4)10-21(2)3/h8-9,11,13H,5-7,10H2,1-4H3,(H,18,24). The lowest BCUT2D eigenvalue weighted by atomic mass is 9.79. The lowest BCUT2D eigenvalue weighted by Crippen LogP contribution is -2.43. The minimum atomic E-state index is -0.0515. The van der Waals surface area contributed by atoms with E-state index in [9.17, 15) is 4.79 Å². The summed E-state index contributed by atoms with van der Waals surface area (Å²) < 4.78 is 3.83. The summed E-state index contributed by atoms with van der Waals surface area (Å²) in [6.07, 6.45) is 5.20. The number of hydrogen-bond donors (Lipinski definition) is 1. The van der Waals surface area contributed by atoms with Crippen molar-refractivity contribution in [2.24, 2.45) is 7.05 Å². The second kappa shape index (κ2) is 6.72. The van der Waals surface area contributed by atoms with E-state index in [0.29, 0.717) is 11.5 Å². The Labute approximate surface area is 141 Å². The van der Waals surface area contributed by atoms with E-state index in [1.54, 1.807) is 17.1 Å². The molecule has 1 saturated carbocycles. The third kappa shape index (κ3) is 3.33. The Bertz CT molecular complexity index is 712. The van der Waals surface area contributed by atoms with Crippen molar-refractivity contribution in [1.82, 2.24) is 34.8 Å². The van der Waals surface area contributed by atoms with E-state index in [-0.39, 0.29) is 11.9 Å². The number of aryl methyl sites for hydroxylation is 1. The monoisotopic (exact) mass is 331 g/mol. The van der Waals surface area contributed by atoms with Crippen LogP contribution in [0.4, 0.5) is 0 Å². The van der Waals surface area contributed by atoms with Crippen LogP contribution in [-0.2, 0) is 20.1 Å². The second-order valence-corrected chi connectivity index (χ2v) is 6.69. The Balaban J connectivity index is 1.54. The molecule has 3 rings (SSSR count). The van der Waals surface area contributed by atoms with Crippen LogP contribution in [0.25, 0.3) is 0 Å². The molecule has 0 saturated heterocycles. The molecule has 1 fully saturated rings. The Morgan fingerprint density at radius 2 is 2.12 bits per heavy atom. The summed E-state index contributed by atoms with van der Waals surface area (Å²) in [6.45, 7) is 3.54. The van der Waals surface area contributed by atoms with E-state index in [1.165, 1.54) is 0 Å². The molecule has 0 unspecified atom stereocenters. The molecule has 2 aromatic heterocycles. The van der Waals surface area contributed by atoms with Gasteiger partial charge in [0.25, 0.3) is 5.91 Å². The first-order chi connectivity index (χ1) is 11.5. The number of hydrogen-bond acceptors (Lipinski definition) is 5. The van der Waals surface area contributed by atoms with Gasteiger partial charge in [-0.25, -0.2) is 0 Å². The fraction of sp³-hybridized carbons (Fsp3) is 0.625. The average Bonchev–Trinajstić information content (AvgIpc) is 3.10. The third-order valence-corrected chi connectivity index (χ3v) is 4.51. The van der Waals surface area contributed by atoms with Crippen LogP contribution >= 0.6 is 0 Å². The molecule has 1 amide bonds. The smallest absolute Gasteiger partial charge is 0.254 e. The van der Waals surface area contributed by atoms with E-state index in [2.05, 4.69) is 30.1 Å². The molecular formula is C16H25N7O. The Kier molecular flexibility index (Phi) is 4.66. The maximum atomic E-state index is 12.2. The molecule has 130 valence electrons. The fourth-order valence-electron chi connectivity index (χ4n) is 3.02. The van der Waals surface area contributed by atoms with E-state index in [1.807, 2.05) is 28.1 Å². The van der Waals surface area contributed by atoms with Crippen LogP contribution in [0.5, 0.6) is 0 Å². The number of rotatable bonds is 6. The first-order valence-corrected chi connectivity index (χ1v) is 8.34. The maximum Gasteiger partial charge on any atom is 0.254 e. The highest BCUT2D eigenvalue weighted by Gasteiger charge is 2.35. The van der Waals surface area contributed by atoms with Gasteiger partial charge in [-0.3, -0.25) is 9.48 Å². The molecule has 1 N–H and O–H groups in total. The number of carbonyl (C=O) groups excluding carboxylic acids is 1. The van der Waals surface area contributed by atoms with Crippen LogP contribution in [0, 0.1) is 0 Å². The van der Waals surface area contributed by atoms with Gasteiger partial charge in [-0.05, 0) is 33.9 Å². The highest BCUT2D eigenvalue weighted by atomic mass is 16.1. The minimum absolute atomic E-state index is 0.0515. The fourth-order valence-corrected chi connectivity index (χ4v) is 3.02. The van der Waals surface area contributed by atoms with Gasteiger partial charge in [-0.2, -0.15) is 5.10 Å². The molecule has 0 aliphatic heterocycles. The zero-order valence-corrected chi connectivity index (χ0v) is 14.7. The summed E-state index contributed by atoms with van der Waals surface area (Å²) in [6, 6.07) is 0.196. The highest BCUT2D eigenvalue weighted by Crippen LogP contribution is 2.36. The SMILES string of the molecule is CCn1cc(C(=O)NC2CC(c3nnc(CN(C)C)n3C)C2)cn1. The number of aromatic nitrogens is 5. The first-order valence-electron chi connectivity index (χ1n) is 8.34. The van der Waals surface area contributed by atoms with Gasteiger partial charge in [-0.1, -0.05) is 0 Å². The topological polar surface area (TPSA) is 80.9 Å². The molecule has 8 nitrogen and oxygen atoms in total. The van der Waals surface area contributed by atoms with E-state index in [4.69, 9.17) is 0 Å². The van der Waals surface area contributed by atoms with E-state index in [0.717, 1.165) is 37.6 Å². The molecule has 0 spiro atoms. The molecule has 2 aromatic rings. The molecule has 8 heteroatoms. The van der Waals surface area contributed by atoms with Crippen LogP contribution in [0.3, 0.4) is 0 Å². The lowest BCUT2D eigenvalue weighted by Gasteiger charge is -2.34. The van der Waals surface area contributed by atoms with Gasteiger partial charge in [0.05, 0.1) is 18.3 Å². The van der Waals surface area contributed by atoms with Gasteiger partial charge in [0, 0.05) is 31.7 Å². The third-order valence-electron chi connectivity index (χ3n) is 4.51. The lowest BCUT2D eigenvalue weighted by molar-refractivity contribution is 0.0906. The largest absolute Gasteiger partial charge is 0.349 e. The summed E-state index contributed by atoms with van der Waals surface area (Å²) >= 11 is 0. The number of nitrogens with zero attached hydrogens (tertiary/aromatic N) is 6. The van der Waals surface area contributed by atoms with Crippen molar-refractivity contribution in [2.45, 2.75) is 44.8 Å². The minimum Gasteiger partial charge on any atom is -0.349 e. The maximum absolute atomic E-state index is 12.2. The van der Waals surface area contributed by atoms with Crippen LogP contribution in [-0.4, -0.2) is 55.5 Å². The zero-order valence-electron chi connectivity index (χ0n) is 14.7. The molecule has 24 heavy (non-hydrogen) atoms. The van der Waals surface area contributed by atoms with Crippen LogP contribution in [0.15, 0.2) is 12.4 Å². The van der Waals surface area contributed by atoms with Crippen molar-refractivity contribution in [3.8, 4) is 0 Å². The summed E-state index contributed by atoms with van der Waals surface area (Å²) in [5, 5.41) is 15.8. The van der Waals surface area contributed by atoms with E-state index >= 15 is 0 Å². The Hall–Kier alpha value is -2.22. The molecule has 1 aliphatic carbocycles. The van der Waals surface area contributed by atoms with Gasteiger partial charge in [0.1, 0.15) is 11.6 Å². The van der Waals surface area contributed by atoms with Crippen molar-refractivity contribution in [3.05, 3.63) is 29.6 Å².